The summed E-state index contributed by atoms with van der Waals surface area (Å²) in [6.07, 6.45) is 1.69. The van der Waals surface area contributed by atoms with Crippen LogP contribution in [0.3, 0.4) is 0 Å². The van der Waals surface area contributed by atoms with Gasteiger partial charge in [-0.25, -0.2) is 0 Å². The molecule has 4 heteroatoms. The summed E-state index contributed by atoms with van der Waals surface area (Å²) in [5.41, 5.74) is 0.819. The fourth-order valence-corrected chi connectivity index (χ4v) is 1.56. The highest BCUT2D eigenvalue weighted by Crippen LogP contribution is 2.29. The zero-order chi connectivity index (χ0) is 10.7. The number of nitrogens with zero attached hydrogens (tertiary/aromatic N) is 1. The monoisotopic (exact) mass is 255 g/mol. The molecule has 74 valence electrons. The van der Waals surface area contributed by atoms with Crippen molar-refractivity contribution < 1.29 is 4.92 Å². The zero-order valence-corrected chi connectivity index (χ0v) is 9.32. The Kier molecular flexibility index (Phi) is 3.41. The summed E-state index contributed by atoms with van der Waals surface area (Å²) in [5, 5.41) is 10.7. The summed E-state index contributed by atoms with van der Waals surface area (Å²) in [5.74, 6) is -0.0205. The van der Waals surface area contributed by atoms with Crippen molar-refractivity contribution >= 4 is 21.6 Å². The van der Waals surface area contributed by atoms with Gasteiger partial charge in [0.2, 0.25) is 0 Å². The van der Waals surface area contributed by atoms with Crippen molar-refractivity contribution in [3.63, 3.8) is 0 Å². The molecule has 0 saturated carbocycles. The van der Waals surface area contributed by atoms with Crippen LogP contribution in [0.4, 0.5) is 5.69 Å². The number of halogens is 1. The number of benzene rings is 1. The van der Waals surface area contributed by atoms with E-state index in [0.29, 0.717) is 5.56 Å². The summed E-state index contributed by atoms with van der Waals surface area (Å²) in [7, 11) is 0. The van der Waals surface area contributed by atoms with E-state index in [-0.39, 0.29) is 16.5 Å². The van der Waals surface area contributed by atoms with Crippen LogP contribution in [0, 0.1) is 10.1 Å². The van der Waals surface area contributed by atoms with Crippen molar-refractivity contribution in [2.24, 2.45) is 0 Å². The molecule has 1 aromatic carbocycles. The first-order valence-corrected chi connectivity index (χ1v) is 4.92. The van der Waals surface area contributed by atoms with E-state index < -0.39 is 0 Å². The van der Waals surface area contributed by atoms with Crippen LogP contribution in [0.5, 0.6) is 0 Å². The summed E-state index contributed by atoms with van der Waals surface area (Å²) in [6, 6.07) is 4.92. The second-order valence-corrected chi connectivity index (χ2v) is 3.90. The summed E-state index contributed by atoms with van der Waals surface area (Å²) >= 11 is 3.29. The highest BCUT2D eigenvalue weighted by Gasteiger charge is 2.16. The van der Waals surface area contributed by atoms with Gasteiger partial charge in [-0.3, -0.25) is 10.1 Å². The van der Waals surface area contributed by atoms with Gasteiger partial charge >= 0.3 is 0 Å². The highest BCUT2D eigenvalue weighted by atomic mass is 79.9. The van der Waals surface area contributed by atoms with Crippen LogP contribution in [0.25, 0.3) is 0 Å². The largest absolute Gasteiger partial charge is 0.273 e. The van der Waals surface area contributed by atoms with E-state index in [1.54, 1.807) is 18.2 Å². The molecule has 1 atom stereocenters. The third kappa shape index (κ3) is 2.20. The number of hydrogen-bond donors (Lipinski definition) is 0. The van der Waals surface area contributed by atoms with E-state index in [4.69, 9.17) is 0 Å². The molecule has 0 aliphatic carbocycles. The average molecular weight is 256 g/mol. The summed E-state index contributed by atoms with van der Waals surface area (Å²) in [6.45, 7) is 5.51. The summed E-state index contributed by atoms with van der Waals surface area (Å²) < 4.78 is 0.840. The first kappa shape index (κ1) is 10.9. The number of hydrogen-bond acceptors (Lipinski definition) is 2. The Morgan fingerprint density at radius 3 is 2.79 bits per heavy atom. The lowest BCUT2D eigenvalue weighted by molar-refractivity contribution is -0.385. The van der Waals surface area contributed by atoms with Crippen LogP contribution in [-0.4, -0.2) is 4.92 Å². The molecular weight excluding hydrogens is 246 g/mol. The topological polar surface area (TPSA) is 43.1 Å². The minimum Gasteiger partial charge on any atom is -0.258 e. The standard InChI is InChI=1S/C10H10BrNO2/c1-3-7(2)9-6-8(11)4-5-10(9)12(13)14/h3-7H,1H2,2H3. The van der Waals surface area contributed by atoms with Crippen LogP contribution in [0.2, 0.25) is 0 Å². The van der Waals surface area contributed by atoms with Crippen molar-refractivity contribution in [1.29, 1.82) is 0 Å². The number of rotatable bonds is 3. The molecule has 0 fully saturated rings. The van der Waals surface area contributed by atoms with E-state index in [2.05, 4.69) is 22.5 Å². The minimum absolute atomic E-state index is 0.0205. The summed E-state index contributed by atoms with van der Waals surface area (Å²) in [4.78, 5) is 10.3. The molecule has 1 rings (SSSR count). The quantitative estimate of drug-likeness (QED) is 0.470. The van der Waals surface area contributed by atoms with Gasteiger partial charge in [0.25, 0.3) is 5.69 Å². The minimum atomic E-state index is -0.373. The van der Waals surface area contributed by atoms with Crippen LogP contribution in [0.15, 0.2) is 35.3 Å². The maximum absolute atomic E-state index is 10.7. The Hall–Kier alpha value is -1.16. The predicted octanol–water partition coefficient (Wildman–Crippen LogP) is 3.65. The third-order valence-electron chi connectivity index (χ3n) is 2.03. The third-order valence-corrected chi connectivity index (χ3v) is 2.52. The average Bonchev–Trinajstić information content (AvgIpc) is 2.16. The molecular formula is C10H10BrNO2. The van der Waals surface area contributed by atoms with Gasteiger partial charge in [0.05, 0.1) is 4.92 Å². The van der Waals surface area contributed by atoms with Crippen molar-refractivity contribution in [3.8, 4) is 0 Å². The SMILES string of the molecule is C=CC(C)c1cc(Br)ccc1[N+](=O)[O-]. The van der Waals surface area contributed by atoms with E-state index in [0.717, 1.165) is 4.47 Å². The lowest BCUT2D eigenvalue weighted by Crippen LogP contribution is -1.97. The van der Waals surface area contributed by atoms with Crippen LogP contribution in [0.1, 0.15) is 18.4 Å². The molecule has 0 N–H and O–H groups in total. The normalized spacial score (nSPS) is 12.1. The molecule has 0 aliphatic rings. The van der Waals surface area contributed by atoms with Gasteiger partial charge in [-0.1, -0.05) is 28.9 Å². The molecule has 0 heterocycles. The van der Waals surface area contributed by atoms with E-state index >= 15 is 0 Å². The molecule has 0 bridgehead atoms. The van der Waals surface area contributed by atoms with Gasteiger partial charge in [0.15, 0.2) is 0 Å². The molecule has 0 amide bonds. The second-order valence-electron chi connectivity index (χ2n) is 2.98. The maximum atomic E-state index is 10.7. The molecule has 0 aliphatic heterocycles. The highest BCUT2D eigenvalue weighted by molar-refractivity contribution is 9.10. The lowest BCUT2D eigenvalue weighted by atomic mass is 10.00. The molecule has 0 aromatic heterocycles. The fraction of sp³-hybridized carbons (Fsp3) is 0.200. The number of nitro groups is 1. The van der Waals surface area contributed by atoms with Crippen LogP contribution < -0.4 is 0 Å². The van der Waals surface area contributed by atoms with E-state index in [1.165, 1.54) is 6.07 Å². The Balaban J connectivity index is 3.29. The van der Waals surface area contributed by atoms with Gasteiger partial charge < -0.3 is 0 Å². The molecule has 1 unspecified atom stereocenters. The Morgan fingerprint density at radius 1 is 1.64 bits per heavy atom. The smallest absolute Gasteiger partial charge is 0.258 e. The second kappa shape index (κ2) is 4.37. The molecule has 0 radical (unpaired) electrons. The lowest BCUT2D eigenvalue weighted by Gasteiger charge is -2.07. The Labute approximate surface area is 90.7 Å². The molecule has 0 spiro atoms. The van der Waals surface area contributed by atoms with Gasteiger partial charge in [0, 0.05) is 22.0 Å². The Bertz CT molecular complexity index is 376. The first-order chi connectivity index (χ1) is 6.56. The van der Waals surface area contributed by atoms with Crippen LogP contribution >= 0.6 is 15.9 Å². The Morgan fingerprint density at radius 2 is 2.29 bits per heavy atom. The molecule has 3 nitrogen and oxygen atoms in total. The maximum Gasteiger partial charge on any atom is 0.273 e. The number of nitro benzene ring substituents is 1. The van der Waals surface area contributed by atoms with Crippen molar-refractivity contribution in [2.75, 3.05) is 0 Å². The molecule has 0 saturated heterocycles. The number of allylic oxidation sites excluding steroid dienone is 1. The van der Waals surface area contributed by atoms with E-state index in [9.17, 15) is 10.1 Å². The van der Waals surface area contributed by atoms with Gasteiger partial charge in [0.1, 0.15) is 0 Å². The van der Waals surface area contributed by atoms with Crippen molar-refractivity contribution in [1.82, 2.24) is 0 Å². The van der Waals surface area contributed by atoms with Crippen molar-refractivity contribution in [3.05, 3.63) is 51.0 Å². The van der Waals surface area contributed by atoms with Gasteiger partial charge in [-0.05, 0) is 12.1 Å². The van der Waals surface area contributed by atoms with Crippen molar-refractivity contribution in [2.45, 2.75) is 12.8 Å². The molecule has 1 aromatic rings. The zero-order valence-electron chi connectivity index (χ0n) is 7.74. The fourth-order valence-electron chi connectivity index (χ4n) is 1.18. The molecule has 14 heavy (non-hydrogen) atoms. The first-order valence-electron chi connectivity index (χ1n) is 4.12. The van der Waals surface area contributed by atoms with E-state index in [1.807, 2.05) is 6.92 Å². The van der Waals surface area contributed by atoms with Crippen LogP contribution in [-0.2, 0) is 0 Å². The predicted molar refractivity (Wildman–Crippen MR) is 59.4 cm³/mol. The van der Waals surface area contributed by atoms with Gasteiger partial charge in [-0.2, -0.15) is 0 Å². The van der Waals surface area contributed by atoms with Gasteiger partial charge in [-0.15, -0.1) is 6.58 Å².